The van der Waals surface area contributed by atoms with E-state index in [9.17, 15) is 4.79 Å². The predicted octanol–water partition coefficient (Wildman–Crippen LogP) is -0.0867. The molecule has 1 fully saturated rings. The number of carbonyl (C=O) groups excluding carboxylic acids is 1. The molecule has 4 nitrogen and oxygen atoms in total. The summed E-state index contributed by atoms with van der Waals surface area (Å²) in [7, 11) is 1.38. The molecule has 0 bridgehead atoms. The van der Waals surface area contributed by atoms with Crippen molar-refractivity contribution in [3.05, 3.63) is 0 Å². The Morgan fingerprint density at radius 1 is 1.75 bits per heavy atom. The molecule has 2 unspecified atom stereocenters. The van der Waals surface area contributed by atoms with Gasteiger partial charge in [0.05, 0.1) is 19.6 Å². The number of hydrogen-bond acceptors (Lipinski definition) is 4. The van der Waals surface area contributed by atoms with Gasteiger partial charge < -0.3 is 15.2 Å². The van der Waals surface area contributed by atoms with Gasteiger partial charge in [0, 0.05) is 12.1 Å². The van der Waals surface area contributed by atoms with Crippen molar-refractivity contribution in [3.63, 3.8) is 0 Å². The lowest BCUT2D eigenvalue weighted by Crippen LogP contribution is -2.54. The van der Waals surface area contributed by atoms with Gasteiger partial charge in [0.2, 0.25) is 0 Å². The molecule has 1 heterocycles. The lowest BCUT2D eigenvalue weighted by molar-refractivity contribution is -0.152. The molecule has 1 rings (SSSR count). The van der Waals surface area contributed by atoms with Crippen LogP contribution in [0.5, 0.6) is 0 Å². The van der Waals surface area contributed by atoms with Crippen LogP contribution in [0, 0.1) is 5.92 Å². The van der Waals surface area contributed by atoms with E-state index in [1.165, 1.54) is 7.11 Å². The summed E-state index contributed by atoms with van der Waals surface area (Å²) >= 11 is 0. The van der Waals surface area contributed by atoms with Crippen molar-refractivity contribution in [2.24, 2.45) is 11.7 Å². The molecule has 2 N–H and O–H groups in total. The number of carbonyl (C=O) groups is 1. The zero-order chi connectivity index (χ0) is 9.19. The molecule has 0 radical (unpaired) electrons. The number of ether oxygens (including phenoxy) is 2. The largest absolute Gasteiger partial charge is 0.469 e. The molecule has 1 aliphatic heterocycles. The summed E-state index contributed by atoms with van der Waals surface area (Å²) < 4.78 is 9.83. The number of methoxy groups -OCH3 is 1. The molecule has 4 heteroatoms. The molecule has 0 saturated carbocycles. The number of hydrogen-bond donors (Lipinski definition) is 1. The van der Waals surface area contributed by atoms with Crippen LogP contribution in [0.4, 0.5) is 0 Å². The van der Waals surface area contributed by atoms with Crippen molar-refractivity contribution in [2.45, 2.75) is 18.9 Å². The van der Waals surface area contributed by atoms with E-state index in [0.717, 1.165) is 0 Å². The predicted molar refractivity (Wildman–Crippen MR) is 43.5 cm³/mol. The first kappa shape index (κ1) is 9.48. The second-order valence-corrected chi connectivity index (χ2v) is 3.42. The molecule has 12 heavy (non-hydrogen) atoms. The number of rotatable bonds is 1. The summed E-state index contributed by atoms with van der Waals surface area (Å²) in [6, 6.07) is 0. The van der Waals surface area contributed by atoms with Crippen molar-refractivity contribution in [1.29, 1.82) is 0 Å². The fraction of sp³-hybridized carbons (Fsp3) is 0.875. The maximum atomic E-state index is 11.2. The Kier molecular flexibility index (Phi) is 2.69. The van der Waals surface area contributed by atoms with E-state index >= 15 is 0 Å². The Morgan fingerprint density at radius 3 is 2.92 bits per heavy atom. The molecule has 0 amide bonds. The highest BCUT2D eigenvalue weighted by atomic mass is 16.5. The van der Waals surface area contributed by atoms with Crippen LogP contribution >= 0.6 is 0 Å². The molecule has 2 atom stereocenters. The van der Waals surface area contributed by atoms with Gasteiger partial charge in [-0.25, -0.2) is 0 Å². The van der Waals surface area contributed by atoms with Crippen LogP contribution < -0.4 is 5.73 Å². The van der Waals surface area contributed by atoms with Crippen molar-refractivity contribution in [1.82, 2.24) is 0 Å². The van der Waals surface area contributed by atoms with Gasteiger partial charge in [-0.3, -0.25) is 4.79 Å². The van der Waals surface area contributed by atoms with Crippen molar-refractivity contribution in [3.8, 4) is 0 Å². The smallest absolute Gasteiger partial charge is 0.310 e. The molecule has 0 aliphatic carbocycles. The zero-order valence-corrected chi connectivity index (χ0v) is 7.50. The average molecular weight is 173 g/mol. The van der Waals surface area contributed by atoms with E-state index in [1.54, 1.807) is 0 Å². The second-order valence-electron chi connectivity index (χ2n) is 3.42. The molecule has 0 aromatic rings. The van der Waals surface area contributed by atoms with E-state index in [0.29, 0.717) is 19.6 Å². The second kappa shape index (κ2) is 3.41. The summed E-state index contributed by atoms with van der Waals surface area (Å²) in [6.45, 7) is 2.83. The molecule has 70 valence electrons. The summed E-state index contributed by atoms with van der Waals surface area (Å²) in [6.07, 6.45) is 0.652. The van der Waals surface area contributed by atoms with Gasteiger partial charge in [0.15, 0.2) is 0 Å². The topological polar surface area (TPSA) is 61.5 Å². The number of nitrogens with two attached hydrogens (primary N) is 1. The average Bonchev–Trinajstić information content (AvgIpc) is 2.02. The molecular weight excluding hydrogens is 158 g/mol. The highest BCUT2D eigenvalue weighted by Crippen LogP contribution is 2.24. The van der Waals surface area contributed by atoms with Gasteiger partial charge in [-0.05, 0) is 13.3 Å². The fourth-order valence-corrected chi connectivity index (χ4v) is 1.45. The van der Waals surface area contributed by atoms with Gasteiger partial charge in [0.25, 0.3) is 0 Å². The highest BCUT2D eigenvalue weighted by molar-refractivity contribution is 5.74. The van der Waals surface area contributed by atoms with Crippen LogP contribution in [0.3, 0.4) is 0 Å². The van der Waals surface area contributed by atoms with Gasteiger partial charge in [0.1, 0.15) is 0 Å². The van der Waals surface area contributed by atoms with E-state index in [-0.39, 0.29) is 11.9 Å². The Labute approximate surface area is 72.0 Å². The lowest BCUT2D eigenvalue weighted by Gasteiger charge is -2.35. The van der Waals surface area contributed by atoms with Crippen molar-refractivity contribution in [2.75, 3.05) is 20.3 Å². The van der Waals surface area contributed by atoms with Crippen LogP contribution in [0.15, 0.2) is 0 Å². The van der Waals surface area contributed by atoms with Gasteiger partial charge in [-0.2, -0.15) is 0 Å². The van der Waals surface area contributed by atoms with Crippen molar-refractivity contribution < 1.29 is 14.3 Å². The van der Waals surface area contributed by atoms with Crippen LogP contribution in [0.2, 0.25) is 0 Å². The quantitative estimate of drug-likeness (QED) is 0.563. The standard InChI is InChI=1S/C8H15NO3/c1-8(9)5-12-4-3-6(8)7(10)11-2/h6H,3-5,9H2,1-2H3. The van der Waals surface area contributed by atoms with Crippen LogP contribution in [0.1, 0.15) is 13.3 Å². The van der Waals surface area contributed by atoms with Gasteiger partial charge in [-0.1, -0.05) is 0 Å². The minimum Gasteiger partial charge on any atom is -0.469 e. The molecule has 1 saturated heterocycles. The summed E-state index contributed by atoms with van der Waals surface area (Å²) in [5.74, 6) is -0.459. The molecule has 0 aromatic carbocycles. The lowest BCUT2D eigenvalue weighted by atomic mass is 9.83. The molecular formula is C8H15NO3. The summed E-state index contributed by atoms with van der Waals surface area (Å²) in [4.78, 5) is 11.2. The SMILES string of the molecule is COC(=O)C1CCOCC1(C)N. The van der Waals surface area contributed by atoms with Crippen LogP contribution in [-0.4, -0.2) is 31.8 Å². The monoisotopic (exact) mass is 173 g/mol. The van der Waals surface area contributed by atoms with E-state index < -0.39 is 5.54 Å². The molecule has 0 spiro atoms. The number of esters is 1. The third-order valence-corrected chi connectivity index (χ3v) is 2.25. The summed E-state index contributed by atoms with van der Waals surface area (Å²) in [5.41, 5.74) is 5.29. The molecule has 1 aliphatic rings. The first-order valence-corrected chi connectivity index (χ1v) is 4.02. The zero-order valence-electron chi connectivity index (χ0n) is 7.50. The van der Waals surface area contributed by atoms with Crippen molar-refractivity contribution >= 4 is 5.97 Å². The van der Waals surface area contributed by atoms with Gasteiger partial charge >= 0.3 is 5.97 Å². The van der Waals surface area contributed by atoms with E-state index in [4.69, 9.17) is 10.5 Å². The van der Waals surface area contributed by atoms with Crippen LogP contribution in [-0.2, 0) is 14.3 Å². The third kappa shape index (κ3) is 1.76. The van der Waals surface area contributed by atoms with Crippen LogP contribution in [0.25, 0.3) is 0 Å². The molecule has 0 aromatic heterocycles. The van der Waals surface area contributed by atoms with E-state index in [1.807, 2.05) is 6.92 Å². The Balaban J connectivity index is 2.66. The Morgan fingerprint density at radius 2 is 2.42 bits per heavy atom. The summed E-state index contributed by atoms with van der Waals surface area (Å²) in [5, 5.41) is 0. The van der Waals surface area contributed by atoms with E-state index in [2.05, 4.69) is 4.74 Å². The first-order valence-electron chi connectivity index (χ1n) is 4.02. The fourth-order valence-electron chi connectivity index (χ4n) is 1.45. The maximum absolute atomic E-state index is 11.2. The minimum atomic E-state index is -0.578. The Bertz CT molecular complexity index is 179. The normalized spacial score (nSPS) is 36.1. The Hall–Kier alpha value is -0.610. The maximum Gasteiger partial charge on any atom is 0.310 e. The third-order valence-electron chi connectivity index (χ3n) is 2.25. The first-order chi connectivity index (χ1) is 5.58. The highest BCUT2D eigenvalue weighted by Gasteiger charge is 2.39. The minimum absolute atomic E-state index is 0.226. The van der Waals surface area contributed by atoms with Gasteiger partial charge in [-0.15, -0.1) is 0 Å².